The van der Waals surface area contributed by atoms with E-state index in [9.17, 15) is 4.79 Å². The molecule has 2 aromatic carbocycles. The van der Waals surface area contributed by atoms with E-state index in [2.05, 4.69) is 37.0 Å². The molecule has 4 aromatic rings. The lowest BCUT2D eigenvalue weighted by molar-refractivity contribution is 0.0984. The van der Waals surface area contributed by atoms with Crippen LogP contribution in [0.4, 0.5) is 5.13 Å². The maximum Gasteiger partial charge on any atom is 0.260 e. The predicted octanol–water partition coefficient (Wildman–Crippen LogP) is 6.28. The second-order valence-electron chi connectivity index (χ2n) is 7.92. The van der Waals surface area contributed by atoms with Gasteiger partial charge in [-0.15, -0.1) is 0 Å². The minimum atomic E-state index is -0.0403. The zero-order valence-corrected chi connectivity index (χ0v) is 18.5. The van der Waals surface area contributed by atoms with Gasteiger partial charge < -0.3 is 0 Å². The molecule has 0 spiro atoms. The normalized spacial score (nSPS) is 11.2. The number of para-hydroxylation sites is 1. The zero-order valence-electron chi connectivity index (χ0n) is 17.7. The topological polar surface area (TPSA) is 46.1 Å². The second kappa shape index (κ2) is 8.36. The number of rotatable bonds is 5. The summed E-state index contributed by atoms with van der Waals surface area (Å²) >= 11 is 1.56. The summed E-state index contributed by atoms with van der Waals surface area (Å²) in [6.45, 7) is 8.79. The molecule has 1 amide bonds. The molecule has 0 fully saturated rings. The van der Waals surface area contributed by atoms with Gasteiger partial charge in [-0.05, 0) is 54.7 Å². The summed E-state index contributed by atoms with van der Waals surface area (Å²) in [6.07, 6.45) is 3.54. The monoisotopic (exact) mass is 415 g/mol. The Kier molecular flexibility index (Phi) is 5.64. The van der Waals surface area contributed by atoms with E-state index in [1.54, 1.807) is 28.6 Å². The molecule has 4 nitrogen and oxygen atoms in total. The third-order valence-electron chi connectivity index (χ3n) is 5.21. The number of anilines is 1. The van der Waals surface area contributed by atoms with Gasteiger partial charge in [0.15, 0.2) is 5.13 Å². The van der Waals surface area contributed by atoms with Gasteiger partial charge in [0.2, 0.25) is 0 Å². The molecule has 0 bridgehead atoms. The number of hydrogen-bond acceptors (Lipinski definition) is 4. The van der Waals surface area contributed by atoms with E-state index in [1.807, 2.05) is 44.2 Å². The van der Waals surface area contributed by atoms with Crippen LogP contribution < -0.4 is 4.90 Å². The largest absolute Gasteiger partial charge is 0.279 e. The second-order valence-corrected chi connectivity index (χ2v) is 8.93. The molecule has 0 radical (unpaired) electrons. The van der Waals surface area contributed by atoms with Gasteiger partial charge in [0.05, 0.1) is 16.8 Å². The molecule has 0 saturated carbocycles. The maximum atomic E-state index is 13.6. The smallest absolute Gasteiger partial charge is 0.260 e. The Morgan fingerprint density at radius 1 is 1.10 bits per heavy atom. The molecule has 0 aliphatic heterocycles. The number of pyridine rings is 1. The summed E-state index contributed by atoms with van der Waals surface area (Å²) in [5, 5.41) is 0.715. The predicted molar refractivity (Wildman–Crippen MR) is 124 cm³/mol. The lowest BCUT2D eigenvalue weighted by Gasteiger charge is -2.21. The fourth-order valence-corrected chi connectivity index (χ4v) is 4.64. The Morgan fingerprint density at radius 3 is 2.63 bits per heavy atom. The third-order valence-corrected chi connectivity index (χ3v) is 6.26. The molecule has 30 heavy (non-hydrogen) atoms. The molecule has 0 atom stereocenters. The van der Waals surface area contributed by atoms with Crippen molar-refractivity contribution in [2.45, 2.75) is 40.2 Å². The van der Waals surface area contributed by atoms with Gasteiger partial charge in [0.1, 0.15) is 0 Å². The van der Waals surface area contributed by atoms with Gasteiger partial charge >= 0.3 is 0 Å². The number of fused-ring (bicyclic) bond motifs is 1. The zero-order chi connectivity index (χ0) is 21.3. The lowest BCUT2D eigenvalue weighted by atomic mass is 10.0. The number of nitrogens with zero attached hydrogens (tertiary/aromatic N) is 3. The Hall–Kier alpha value is -3.05. The quantitative estimate of drug-likeness (QED) is 0.385. The van der Waals surface area contributed by atoms with E-state index in [4.69, 9.17) is 4.98 Å². The van der Waals surface area contributed by atoms with Crippen LogP contribution in [-0.2, 0) is 6.54 Å². The Balaban J connectivity index is 1.82. The molecule has 0 N–H and O–H groups in total. The number of amides is 1. The molecule has 5 heteroatoms. The van der Waals surface area contributed by atoms with Gasteiger partial charge in [-0.25, -0.2) is 4.98 Å². The van der Waals surface area contributed by atoms with Crippen molar-refractivity contribution in [3.63, 3.8) is 0 Å². The standard InChI is InChI=1S/C25H25N3OS/c1-16(2)20-8-5-9-22-23(20)27-25(30-22)28(15-19-7-6-12-26-14-19)24(29)21-11-10-17(3)13-18(21)4/h5-14,16H,15H2,1-4H3. The number of carbonyl (C=O) groups is 1. The van der Waals surface area contributed by atoms with E-state index >= 15 is 0 Å². The van der Waals surface area contributed by atoms with Crippen LogP contribution in [-0.4, -0.2) is 15.9 Å². The molecule has 4 rings (SSSR count). The van der Waals surface area contributed by atoms with Crippen LogP contribution in [0, 0.1) is 13.8 Å². The Bertz CT molecular complexity index is 1200. The average molecular weight is 416 g/mol. The Labute approximate surface area is 181 Å². The summed E-state index contributed by atoms with van der Waals surface area (Å²) in [6, 6.07) is 16.1. The molecule has 0 aliphatic carbocycles. The van der Waals surface area contributed by atoms with Crippen LogP contribution in [0.15, 0.2) is 60.9 Å². The van der Waals surface area contributed by atoms with Gasteiger partial charge in [-0.3, -0.25) is 14.7 Å². The van der Waals surface area contributed by atoms with Crippen LogP contribution in [0.25, 0.3) is 10.2 Å². The summed E-state index contributed by atoms with van der Waals surface area (Å²) in [5.74, 6) is 0.326. The summed E-state index contributed by atoms with van der Waals surface area (Å²) in [4.78, 5) is 24.6. The number of aryl methyl sites for hydroxylation is 2. The molecule has 2 heterocycles. The van der Waals surface area contributed by atoms with Crippen LogP contribution in [0.3, 0.4) is 0 Å². The molecular weight excluding hydrogens is 390 g/mol. The van der Waals surface area contributed by atoms with Crippen LogP contribution >= 0.6 is 11.3 Å². The van der Waals surface area contributed by atoms with E-state index in [0.717, 1.165) is 26.9 Å². The van der Waals surface area contributed by atoms with Crippen molar-refractivity contribution < 1.29 is 4.79 Å². The van der Waals surface area contributed by atoms with Crippen molar-refractivity contribution in [1.82, 2.24) is 9.97 Å². The average Bonchev–Trinajstić information content (AvgIpc) is 3.16. The molecule has 0 aliphatic rings. The fraction of sp³-hybridized carbons (Fsp3) is 0.240. The van der Waals surface area contributed by atoms with Crippen molar-refractivity contribution in [1.29, 1.82) is 0 Å². The van der Waals surface area contributed by atoms with Gasteiger partial charge in [-0.1, -0.05) is 61.1 Å². The van der Waals surface area contributed by atoms with E-state index in [-0.39, 0.29) is 5.91 Å². The van der Waals surface area contributed by atoms with E-state index in [0.29, 0.717) is 23.2 Å². The number of benzene rings is 2. The van der Waals surface area contributed by atoms with Crippen molar-refractivity contribution in [3.05, 3.63) is 88.7 Å². The van der Waals surface area contributed by atoms with Crippen LogP contribution in [0.1, 0.15) is 52.4 Å². The van der Waals surface area contributed by atoms with Crippen LogP contribution in [0.2, 0.25) is 0 Å². The highest BCUT2D eigenvalue weighted by Crippen LogP contribution is 2.35. The summed E-state index contributed by atoms with van der Waals surface area (Å²) in [5.41, 5.74) is 5.98. The summed E-state index contributed by atoms with van der Waals surface area (Å²) in [7, 11) is 0. The maximum absolute atomic E-state index is 13.6. The van der Waals surface area contributed by atoms with E-state index < -0.39 is 0 Å². The Morgan fingerprint density at radius 2 is 1.93 bits per heavy atom. The lowest BCUT2D eigenvalue weighted by Crippen LogP contribution is -2.31. The number of hydrogen-bond donors (Lipinski definition) is 0. The minimum Gasteiger partial charge on any atom is -0.279 e. The number of thiazole rings is 1. The summed E-state index contributed by atoms with van der Waals surface area (Å²) < 4.78 is 1.10. The first-order valence-electron chi connectivity index (χ1n) is 10.1. The van der Waals surface area contributed by atoms with Gasteiger partial charge in [0.25, 0.3) is 5.91 Å². The third kappa shape index (κ3) is 3.98. The highest BCUT2D eigenvalue weighted by molar-refractivity contribution is 7.22. The molecule has 2 aromatic heterocycles. The first kappa shape index (κ1) is 20.2. The first-order chi connectivity index (χ1) is 14.4. The van der Waals surface area contributed by atoms with Crippen molar-refractivity contribution in [2.24, 2.45) is 0 Å². The van der Waals surface area contributed by atoms with E-state index in [1.165, 1.54) is 5.56 Å². The fourth-order valence-electron chi connectivity index (χ4n) is 3.64. The van der Waals surface area contributed by atoms with Gasteiger partial charge in [0, 0.05) is 18.0 Å². The minimum absolute atomic E-state index is 0.0403. The highest BCUT2D eigenvalue weighted by Gasteiger charge is 2.24. The van der Waals surface area contributed by atoms with Crippen molar-refractivity contribution >= 4 is 32.6 Å². The van der Waals surface area contributed by atoms with Crippen molar-refractivity contribution in [2.75, 3.05) is 4.90 Å². The van der Waals surface area contributed by atoms with Crippen molar-refractivity contribution in [3.8, 4) is 0 Å². The first-order valence-corrected chi connectivity index (χ1v) is 10.9. The molecule has 0 saturated heterocycles. The number of aromatic nitrogens is 2. The SMILES string of the molecule is Cc1ccc(C(=O)N(Cc2cccnc2)c2nc3c(C(C)C)cccc3s2)c(C)c1. The van der Waals surface area contributed by atoms with Gasteiger partial charge in [-0.2, -0.15) is 0 Å². The molecule has 0 unspecified atom stereocenters. The molecule has 152 valence electrons. The van der Waals surface area contributed by atoms with Crippen LogP contribution in [0.5, 0.6) is 0 Å². The number of carbonyl (C=O) groups excluding carboxylic acids is 1. The molecular formula is C25H25N3OS. The highest BCUT2D eigenvalue weighted by atomic mass is 32.1.